The number of hydrogen-bond donors (Lipinski definition) is 0. The van der Waals surface area contributed by atoms with Crippen LogP contribution in [0.5, 0.6) is 0 Å². The summed E-state index contributed by atoms with van der Waals surface area (Å²) < 4.78 is 0. The molecule has 0 aliphatic rings. The maximum atomic E-state index is 8.58. The minimum Gasteiger partial charge on any atom is -0.227 e. The summed E-state index contributed by atoms with van der Waals surface area (Å²) in [5, 5.41) is 8.58. The first-order valence-corrected chi connectivity index (χ1v) is 5.08. The minimum atomic E-state index is 0.141. The molecule has 0 aromatic carbocycles. The quantitative estimate of drug-likeness (QED) is 0.531. The Hall–Kier alpha value is -1.58. The number of nitrogens with zero attached hydrogens (tertiary/aromatic N) is 2. The molecule has 0 aliphatic heterocycles. The van der Waals surface area contributed by atoms with E-state index in [9.17, 15) is 0 Å². The molecule has 0 aliphatic carbocycles. The zero-order valence-electron chi connectivity index (χ0n) is 8.11. The van der Waals surface area contributed by atoms with Crippen molar-refractivity contribution in [2.24, 2.45) is 0 Å². The average Bonchev–Trinajstić information content (AvgIpc) is 2.62. The molecular weight excluding hydrogens is 192 g/mol. The van der Waals surface area contributed by atoms with Gasteiger partial charge in [-0.1, -0.05) is 13.8 Å². The molecule has 0 saturated carbocycles. The largest absolute Gasteiger partial charge is 0.263 e. The lowest BCUT2D eigenvalue weighted by Gasteiger charge is -1.96. The van der Waals surface area contributed by atoms with Gasteiger partial charge in [0.25, 0.3) is 5.70 Å². The van der Waals surface area contributed by atoms with E-state index in [0.717, 1.165) is 4.88 Å². The maximum absolute atomic E-state index is 8.58. The van der Waals surface area contributed by atoms with Gasteiger partial charge >= 0.3 is 0 Å². The second kappa shape index (κ2) is 4.60. The molecule has 0 spiro atoms. The lowest BCUT2D eigenvalue weighted by molar-refractivity contribution is 0.890. The highest BCUT2D eigenvalue weighted by molar-refractivity contribution is 7.13. The molecule has 1 heterocycles. The van der Waals surface area contributed by atoms with E-state index in [1.807, 2.05) is 18.2 Å². The van der Waals surface area contributed by atoms with E-state index in [0.29, 0.717) is 5.92 Å². The summed E-state index contributed by atoms with van der Waals surface area (Å²) in [6, 6.07) is 5.84. The SMILES string of the molecule is [C-]#[N+]/C(C#N)=C/c1ccc(C(C)C)s1. The van der Waals surface area contributed by atoms with Crippen molar-refractivity contribution < 1.29 is 0 Å². The van der Waals surface area contributed by atoms with Crippen molar-refractivity contribution in [1.29, 1.82) is 5.26 Å². The second-order valence-electron chi connectivity index (χ2n) is 3.15. The smallest absolute Gasteiger partial charge is 0.227 e. The Labute approximate surface area is 87.9 Å². The maximum Gasteiger partial charge on any atom is 0.263 e. The molecule has 0 bridgehead atoms. The van der Waals surface area contributed by atoms with Crippen LogP contribution in [0.2, 0.25) is 0 Å². The molecular formula is C11H10N2S. The van der Waals surface area contributed by atoms with E-state index in [2.05, 4.69) is 18.7 Å². The first kappa shape index (κ1) is 10.5. The van der Waals surface area contributed by atoms with Crippen LogP contribution in [-0.2, 0) is 0 Å². The van der Waals surface area contributed by atoms with Crippen molar-refractivity contribution in [1.82, 2.24) is 0 Å². The fourth-order valence-corrected chi connectivity index (χ4v) is 1.93. The van der Waals surface area contributed by atoms with Crippen molar-refractivity contribution in [2.45, 2.75) is 19.8 Å². The molecule has 1 aromatic heterocycles. The molecule has 0 radical (unpaired) electrons. The topological polar surface area (TPSA) is 28.1 Å². The summed E-state index contributed by atoms with van der Waals surface area (Å²) in [5.74, 6) is 0.501. The highest BCUT2D eigenvalue weighted by atomic mass is 32.1. The fraction of sp³-hybridized carbons (Fsp3) is 0.273. The van der Waals surface area contributed by atoms with Crippen molar-refractivity contribution in [3.63, 3.8) is 0 Å². The van der Waals surface area contributed by atoms with Crippen molar-refractivity contribution in [2.75, 3.05) is 0 Å². The van der Waals surface area contributed by atoms with Crippen molar-refractivity contribution in [3.8, 4) is 6.07 Å². The Morgan fingerprint density at radius 3 is 2.79 bits per heavy atom. The highest BCUT2D eigenvalue weighted by Gasteiger charge is 2.02. The van der Waals surface area contributed by atoms with Crippen LogP contribution in [0, 0.1) is 17.9 Å². The van der Waals surface area contributed by atoms with Gasteiger partial charge in [-0.2, -0.15) is 0 Å². The van der Waals surface area contributed by atoms with E-state index in [1.165, 1.54) is 4.88 Å². The molecule has 1 aromatic rings. The summed E-state index contributed by atoms with van der Waals surface area (Å²) in [4.78, 5) is 5.36. The number of thiophene rings is 1. The molecule has 0 unspecified atom stereocenters. The molecule has 3 heteroatoms. The lowest BCUT2D eigenvalue weighted by atomic mass is 10.2. The number of nitriles is 1. The molecule has 0 N–H and O–H groups in total. The molecule has 14 heavy (non-hydrogen) atoms. The second-order valence-corrected chi connectivity index (χ2v) is 4.29. The van der Waals surface area contributed by atoms with Crippen LogP contribution in [-0.4, -0.2) is 0 Å². The van der Waals surface area contributed by atoms with Gasteiger partial charge in [0.15, 0.2) is 0 Å². The summed E-state index contributed by atoms with van der Waals surface area (Å²) in [6.45, 7) is 11.0. The summed E-state index contributed by atoms with van der Waals surface area (Å²) in [6.07, 6.45) is 1.63. The lowest BCUT2D eigenvalue weighted by Crippen LogP contribution is -1.77. The Kier molecular flexibility index (Phi) is 3.45. The van der Waals surface area contributed by atoms with E-state index < -0.39 is 0 Å². The first-order chi connectivity index (χ1) is 6.67. The van der Waals surface area contributed by atoms with Crippen LogP contribution in [0.25, 0.3) is 10.9 Å². The Balaban J connectivity index is 2.96. The number of hydrogen-bond acceptors (Lipinski definition) is 2. The molecule has 0 saturated heterocycles. The van der Waals surface area contributed by atoms with E-state index >= 15 is 0 Å². The number of allylic oxidation sites excluding steroid dienone is 1. The minimum absolute atomic E-state index is 0.141. The van der Waals surface area contributed by atoms with Crippen LogP contribution >= 0.6 is 11.3 Å². The summed E-state index contributed by atoms with van der Waals surface area (Å²) in [7, 11) is 0. The Morgan fingerprint density at radius 1 is 1.64 bits per heavy atom. The molecule has 70 valence electrons. The van der Waals surface area contributed by atoms with E-state index in [1.54, 1.807) is 17.4 Å². The number of rotatable bonds is 2. The third-order valence-corrected chi connectivity index (χ3v) is 3.06. The Morgan fingerprint density at radius 2 is 2.36 bits per heavy atom. The van der Waals surface area contributed by atoms with Gasteiger partial charge in [0.05, 0.1) is 12.6 Å². The summed E-state index contributed by atoms with van der Waals surface area (Å²) in [5.41, 5.74) is 0.141. The Bertz CT molecular complexity index is 411. The molecule has 1 rings (SSSR count). The highest BCUT2D eigenvalue weighted by Crippen LogP contribution is 2.25. The molecule has 0 amide bonds. The van der Waals surface area contributed by atoms with Crippen molar-refractivity contribution in [3.05, 3.63) is 39.0 Å². The third kappa shape index (κ3) is 2.45. The zero-order chi connectivity index (χ0) is 10.6. The van der Waals surface area contributed by atoms with Gasteiger partial charge in [0, 0.05) is 9.75 Å². The van der Waals surface area contributed by atoms with Gasteiger partial charge in [-0.3, -0.25) is 0 Å². The summed E-state index contributed by atoms with van der Waals surface area (Å²) >= 11 is 1.63. The van der Waals surface area contributed by atoms with Gasteiger partial charge in [-0.05, 0) is 24.1 Å². The van der Waals surface area contributed by atoms with Crippen LogP contribution < -0.4 is 0 Å². The fourth-order valence-electron chi connectivity index (χ4n) is 0.981. The van der Waals surface area contributed by atoms with Gasteiger partial charge in [-0.15, -0.1) is 11.3 Å². The average molecular weight is 202 g/mol. The van der Waals surface area contributed by atoms with Crippen LogP contribution in [0.4, 0.5) is 0 Å². The monoisotopic (exact) mass is 202 g/mol. The zero-order valence-corrected chi connectivity index (χ0v) is 8.93. The van der Waals surface area contributed by atoms with Crippen LogP contribution in [0.15, 0.2) is 17.8 Å². The van der Waals surface area contributed by atoms with Gasteiger partial charge in [-0.25, -0.2) is 10.1 Å². The molecule has 0 atom stereocenters. The predicted octanol–water partition coefficient (Wildman–Crippen LogP) is 3.66. The van der Waals surface area contributed by atoms with Crippen LogP contribution in [0.1, 0.15) is 29.5 Å². The first-order valence-electron chi connectivity index (χ1n) is 4.26. The standard InChI is InChI=1S/C11H10N2S/c1-8(2)11-5-4-10(14-11)6-9(7-12)13-3/h4-6,8H,1-2H3/b9-6+. The van der Waals surface area contributed by atoms with Crippen LogP contribution in [0.3, 0.4) is 0 Å². The van der Waals surface area contributed by atoms with Gasteiger partial charge in [0.2, 0.25) is 0 Å². The predicted molar refractivity (Wildman–Crippen MR) is 58.6 cm³/mol. The van der Waals surface area contributed by atoms with E-state index in [-0.39, 0.29) is 5.70 Å². The van der Waals surface area contributed by atoms with E-state index in [4.69, 9.17) is 11.8 Å². The third-order valence-electron chi connectivity index (χ3n) is 1.73. The van der Waals surface area contributed by atoms with Gasteiger partial charge < -0.3 is 0 Å². The molecule has 2 nitrogen and oxygen atoms in total. The normalized spacial score (nSPS) is 11.1. The van der Waals surface area contributed by atoms with Crippen molar-refractivity contribution >= 4 is 17.4 Å². The molecule has 0 fully saturated rings. The van der Waals surface area contributed by atoms with Gasteiger partial charge in [0.1, 0.15) is 0 Å².